The van der Waals surface area contributed by atoms with Crippen molar-refractivity contribution in [3.63, 3.8) is 0 Å². The predicted molar refractivity (Wildman–Crippen MR) is 127 cm³/mol. The Bertz CT molecular complexity index is 1150. The van der Waals surface area contributed by atoms with Crippen molar-refractivity contribution < 1.29 is 9.47 Å². The summed E-state index contributed by atoms with van der Waals surface area (Å²) >= 11 is 5.87. The Kier molecular flexibility index (Phi) is 6.45. The third kappa shape index (κ3) is 5.55. The van der Waals surface area contributed by atoms with Gasteiger partial charge >= 0.3 is 0 Å². The Morgan fingerprint density at radius 1 is 0.968 bits per heavy atom. The van der Waals surface area contributed by atoms with Crippen LogP contribution >= 0.6 is 11.6 Å². The van der Waals surface area contributed by atoms with Crippen molar-refractivity contribution in [2.75, 3.05) is 6.61 Å². The van der Waals surface area contributed by atoms with Crippen molar-refractivity contribution in [1.29, 1.82) is 0 Å². The third-order valence-electron chi connectivity index (χ3n) is 4.92. The van der Waals surface area contributed by atoms with Gasteiger partial charge in [-0.15, -0.1) is 11.6 Å². The van der Waals surface area contributed by atoms with Crippen LogP contribution in [0.5, 0.6) is 11.5 Å². The van der Waals surface area contributed by atoms with E-state index in [-0.39, 0.29) is 0 Å². The average Bonchev–Trinajstić information content (AvgIpc) is 3.37. The van der Waals surface area contributed by atoms with E-state index in [4.69, 9.17) is 21.1 Å². The van der Waals surface area contributed by atoms with Gasteiger partial charge in [0, 0.05) is 32.6 Å². The molecular formula is C23H27ClN4O2Si. The van der Waals surface area contributed by atoms with Crippen LogP contribution in [-0.2, 0) is 17.3 Å². The maximum absolute atomic E-state index is 6.02. The number of benzene rings is 1. The normalized spacial score (nSPS) is 11.9. The Labute approximate surface area is 188 Å². The summed E-state index contributed by atoms with van der Waals surface area (Å²) < 4.78 is 15.7. The fourth-order valence-corrected chi connectivity index (χ4v) is 4.07. The largest absolute Gasteiger partial charge is 0.456 e. The standard InChI is InChI=1S/C23H27ClN4O2Si/c1-31(2,3)13-12-29-17-28-22(10-11-25-28)18-4-6-20(7-5-18)30-21-8-9-23-26-19(14-24)15-27(23)16-21/h4-11,15-16H,12-14,17H2,1-3H3. The first kappa shape index (κ1) is 21.6. The van der Waals surface area contributed by atoms with Gasteiger partial charge in [0.2, 0.25) is 0 Å². The van der Waals surface area contributed by atoms with E-state index in [1.54, 1.807) is 6.20 Å². The van der Waals surface area contributed by atoms with Gasteiger partial charge in [-0.3, -0.25) is 0 Å². The molecule has 0 fully saturated rings. The second-order valence-corrected chi connectivity index (χ2v) is 14.6. The molecule has 0 saturated carbocycles. The molecule has 4 aromatic rings. The van der Waals surface area contributed by atoms with Gasteiger partial charge < -0.3 is 13.9 Å². The average molecular weight is 455 g/mol. The zero-order valence-corrected chi connectivity index (χ0v) is 19.8. The number of pyridine rings is 1. The summed E-state index contributed by atoms with van der Waals surface area (Å²) in [6.07, 6.45) is 5.61. The molecule has 3 heterocycles. The molecule has 0 amide bonds. The van der Waals surface area contributed by atoms with Crippen molar-refractivity contribution >= 4 is 25.3 Å². The smallest absolute Gasteiger partial charge is 0.144 e. The highest BCUT2D eigenvalue weighted by Crippen LogP contribution is 2.26. The van der Waals surface area contributed by atoms with Crippen LogP contribution in [0.3, 0.4) is 0 Å². The molecular weight excluding hydrogens is 428 g/mol. The number of halogens is 1. The van der Waals surface area contributed by atoms with Gasteiger partial charge in [-0.2, -0.15) is 5.10 Å². The second-order valence-electron chi connectivity index (χ2n) is 8.69. The summed E-state index contributed by atoms with van der Waals surface area (Å²) in [4.78, 5) is 4.43. The first-order valence-corrected chi connectivity index (χ1v) is 14.6. The molecule has 6 nitrogen and oxygen atoms in total. The molecule has 0 aliphatic carbocycles. The van der Waals surface area contributed by atoms with Crippen molar-refractivity contribution in [1.82, 2.24) is 19.2 Å². The number of ether oxygens (including phenoxy) is 2. The summed E-state index contributed by atoms with van der Waals surface area (Å²) in [5.41, 5.74) is 3.77. The van der Waals surface area contributed by atoms with Crippen LogP contribution in [0.1, 0.15) is 5.69 Å². The van der Waals surface area contributed by atoms with Crippen LogP contribution in [0, 0.1) is 0 Å². The Balaban J connectivity index is 1.41. The molecule has 0 saturated heterocycles. The van der Waals surface area contributed by atoms with E-state index in [1.807, 2.05) is 63.9 Å². The highest BCUT2D eigenvalue weighted by molar-refractivity contribution is 6.76. The molecule has 4 rings (SSSR count). The Hall–Kier alpha value is -2.61. The molecule has 0 unspecified atom stereocenters. The van der Waals surface area contributed by atoms with Gasteiger partial charge in [-0.1, -0.05) is 19.6 Å². The maximum atomic E-state index is 6.02. The zero-order valence-electron chi connectivity index (χ0n) is 18.1. The highest BCUT2D eigenvalue weighted by atomic mass is 35.5. The van der Waals surface area contributed by atoms with Crippen LogP contribution < -0.4 is 4.74 Å². The van der Waals surface area contributed by atoms with Gasteiger partial charge in [-0.25, -0.2) is 9.67 Å². The SMILES string of the molecule is C[Si](C)(C)CCOCn1nccc1-c1ccc(Oc2ccc3nc(CCl)cn3c2)cc1. The van der Waals surface area contributed by atoms with E-state index in [1.165, 1.54) is 0 Å². The molecule has 1 aromatic carbocycles. The Morgan fingerprint density at radius 2 is 1.74 bits per heavy atom. The van der Waals surface area contributed by atoms with Crippen LogP contribution in [0.15, 0.2) is 61.1 Å². The quantitative estimate of drug-likeness (QED) is 0.176. The van der Waals surface area contributed by atoms with Gasteiger partial charge in [0.05, 0.1) is 23.5 Å². The first-order chi connectivity index (χ1) is 14.9. The fraction of sp³-hybridized carbons (Fsp3) is 0.304. The van der Waals surface area contributed by atoms with Crippen LogP contribution in [0.4, 0.5) is 0 Å². The van der Waals surface area contributed by atoms with E-state index in [0.717, 1.165) is 46.7 Å². The van der Waals surface area contributed by atoms with Crippen molar-refractivity contribution in [3.8, 4) is 22.8 Å². The number of hydrogen-bond acceptors (Lipinski definition) is 4. The van der Waals surface area contributed by atoms with Gasteiger partial charge in [0.15, 0.2) is 0 Å². The molecule has 0 radical (unpaired) electrons. The minimum atomic E-state index is -1.09. The minimum Gasteiger partial charge on any atom is -0.456 e. The maximum Gasteiger partial charge on any atom is 0.144 e. The van der Waals surface area contributed by atoms with Crippen molar-refractivity contribution in [3.05, 3.63) is 66.7 Å². The number of rotatable bonds is 9. The number of fused-ring (bicyclic) bond motifs is 1. The van der Waals surface area contributed by atoms with Crippen molar-refractivity contribution in [2.24, 2.45) is 0 Å². The topological polar surface area (TPSA) is 53.6 Å². The molecule has 0 bridgehead atoms. The lowest BCUT2D eigenvalue weighted by Crippen LogP contribution is -2.22. The summed E-state index contributed by atoms with van der Waals surface area (Å²) in [7, 11) is -1.09. The molecule has 0 spiro atoms. The molecule has 0 N–H and O–H groups in total. The summed E-state index contributed by atoms with van der Waals surface area (Å²) in [6, 6.07) is 15.0. The highest BCUT2D eigenvalue weighted by Gasteiger charge is 2.13. The molecule has 162 valence electrons. The summed E-state index contributed by atoms with van der Waals surface area (Å²) in [6.45, 7) is 8.29. The van der Waals surface area contributed by atoms with Crippen LogP contribution in [0.2, 0.25) is 25.7 Å². The lowest BCUT2D eigenvalue weighted by atomic mass is 10.1. The Morgan fingerprint density at radius 3 is 2.48 bits per heavy atom. The number of hydrogen-bond donors (Lipinski definition) is 0. The van der Waals surface area contributed by atoms with E-state index in [9.17, 15) is 0 Å². The van der Waals surface area contributed by atoms with Crippen LogP contribution in [0.25, 0.3) is 16.9 Å². The lowest BCUT2D eigenvalue weighted by molar-refractivity contribution is 0.0798. The monoisotopic (exact) mass is 454 g/mol. The molecule has 31 heavy (non-hydrogen) atoms. The second kappa shape index (κ2) is 9.26. The number of aromatic nitrogens is 4. The van der Waals surface area contributed by atoms with Crippen molar-refractivity contribution in [2.45, 2.75) is 38.3 Å². The van der Waals surface area contributed by atoms with Gasteiger partial charge in [0.1, 0.15) is 23.9 Å². The fourth-order valence-electron chi connectivity index (χ4n) is 3.19. The van der Waals surface area contributed by atoms with Gasteiger partial charge in [-0.05, 0) is 48.5 Å². The first-order valence-electron chi connectivity index (χ1n) is 10.3. The predicted octanol–water partition coefficient (Wildman–Crippen LogP) is 6.04. The molecule has 0 atom stereocenters. The van der Waals surface area contributed by atoms with E-state index in [0.29, 0.717) is 12.6 Å². The van der Waals surface area contributed by atoms with Gasteiger partial charge in [0.25, 0.3) is 0 Å². The zero-order chi connectivity index (χ0) is 21.8. The summed E-state index contributed by atoms with van der Waals surface area (Å²) in [5.74, 6) is 1.89. The van der Waals surface area contributed by atoms with E-state index in [2.05, 4.69) is 29.7 Å². The van der Waals surface area contributed by atoms with E-state index >= 15 is 0 Å². The molecule has 0 aliphatic rings. The summed E-state index contributed by atoms with van der Waals surface area (Å²) in [5, 5.41) is 4.41. The minimum absolute atomic E-state index is 0.388. The molecule has 3 aromatic heterocycles. The molecule has 0 aliphatic heterocycles. The molecule has 8 heteroatoms. The number of imidazole rings is 1. The lowest BCUT2D eigenvalue weighted by Gasteiger charge is -2.16. The number of nitrogens with zero attached hydrogens (tertiary/aromatic N) is 4. The van der Waals surface area contributed by atoms with E-state index < -0.39 is 8.07 Å². The van der Waals surface area contributed by atoms with Crippen LogP contribution in [-0.4, -0.2) is 33.8 Å². The third-order valence-corrected chi connectivity index (χ3v) is 6.90. The number of alkyl halides is 1.